The second-order valence-electron chi connectivity index (χ2n) is 3.07. The predicted octanol–water partition coefficient (Wildman–Crippen LogP) is 2.83. The van der Waals surface area contributed by atoms with Gasteiger partial charge in [-0.25, -0.2) is 0 Å². The Morgan fingerprint density at radius 2 is 2.15 bits per heavy atom. The van der Waals surface area contributed by atoms with Crippen molar-refractivity contribution in [3.8, 4) is 0 Å². The number of hydrogen-bond donors (Lipinski definition) is 1. The van der Waals surface area contributed by atoms with Crippen LogP contribution in [-0.2, 0) is 6.54 Å². The van der Waals surface area contributed by atoms with Crippen LogP contribution in [0.25, 0.3) is 0 Å². The third-order valence-corrected chi connectivity index (χ3v) is 2.84. The molecule has 0 aliphatic rings. The minimum absolute atomic E-state index is 0.983. The maximum absolute atomic E-state index is 3.34. The Labute approximate surface area is 84.9 Å². The Morgan fingerprint density at radius 3 is 2.69 bits per heavy atom. The summed E-state index contributed by atoms with van der Waals surface area (Å²) in [6, 6.07) is 6.64. The predicted molar refractivity (Wildman–Crippen MR) is 60.3 cm³/mol. The highest BCUT2D eigenvalue weighted by atomic mass is 32.2. The van der Waals surface area contributed by atoms with Crippen molar-refractivity contribution in [1.29, 1.82) is 0 Å². The zero-order valence-corrected chi connectivity index (χ0v) is 9.37. The number of aryl methyl sites for hydroxylation is 1. The summed E-state index contributed by atoms with van der Waals surface area (Å²) in [7, 11) is 0. The van der Waals surface area contributed by atoms with Crippen molar-refractivity contribution >= 4 is 11.8 Å². The van der Waals surface area contributed by atoms with Crippen molar-refractivity contribution in [2.45, 2.75) is 25.3 Å². The molecule has 72 valence electrons. The summed E-state index contributed by atoms with van der Waals surface area (Å²) in [5.41, 5.74) is 2.78. The number of rotatable bonds is 4. The minimum Gasteiger partial charge on any atom is -0.313 e. The van der Waals surface area contributed by atoms with Gasteiger partial charge in [0.15, 0.2) is 0 Å². The molecule has 0 atom stereocenters. The Kier molecular flexibility index (Phi) is 4.33. The summed E-state index contributed by atoms with van der Waals surface area (Å²) in [5, 5.41) is 3.34. The third-order valence-electron chi connectivity index (χ3n) is 2.12. The lowest BCUT2D eigenvalue weighted by molar-refractivity contribution is 0.723. The molecule has 0 saturated heterocycles. The standard InChI is InChI=1S/C11H17NS/c1-4-12-8-10-5-6-11(13-3)7-9(10)2/h5-7,12H,4,8H2,1-3H3. The van der Waals surface area contributed by atoms with E-state index < -0.39 is 0 Å². The van der Waals surface area contributed by atoms with Crippen LogP contribution in [0.3, 0.4) is 0 Å². The molecular weight excluding hydrogens is 178 g/mol. The number of hydrogen-bond acceptors (Lipinski definition) is 2. The molecule has 1 nitrogen and oxygen atoms in total. The van der Waals surface area contributed by atoms with Gasteiger partial charge in [0.2, 0.25) is 0 Å². The molecule has 1 N–H and O–H groups in total. The van der Waals surface area contributed by atoms with E-state index in [1.165, 1.54) is 16.0 Å². The van der Waals surface area contributed by atoms with Crippen molar-refractivity contribution in [3.05, 3.63) is 29.3 Å². The summed E-state index contributed by atoms with van der Waals surface area (Å²) < 4.78 is 0. The maximum atomic E-state index is 3.34. The molecule has 0 bridgehead atoms. The monoisotopic (exact) mass is 195 g/mol. The molecule has 13 heavy (non-hydrogen) atoms. The van der Waals surface area contributed by atoms with Crippen LogP contribution in [0.4, 0.5) is 0 Å². The van der Waals surface area contributed by atoms with E-state index in [4.69, 9.17) is 0 Å². The minimum atomic E-state index is 0.983. The molecule has 0 amide bonds. The summed E-state index contributed by atoms with van der Waals surface area (Å²) in [5.74, 6) is 0. The molecule has 1 rings (SSSR count). The van der Waals surface area contributed by atoms with E-state index in [2.05, 4.69) is 43.6 Å². The highest BCUT2D eigenvalue weighted by Gasteiger charge is 1.98. The maximum Gasteiger partial charge on any atom is 0.0208 e. The first kappa shape index (κ1) is 10.6. The van der Waals surface area contributed by atoms with Crippen molar-refractivity contribution in [1.82, 2.24) is 5.32 Å². The van der Waals surface area contributed by atoms with E-state index in [9.17, 15) is 0 Å². The lowest BCUT2D eigenvalue weighted by Gasteiger charge is -2.07. The lowest BCUT2D eigenvalue weighted by atomic mass is 10.1. The topological polar surface area (TPSA) is 12.0 Å². The lowest BCUT2D eigenvalue weighted by Crippen LogP contribution is -2.12. The van der Waals surface area contributed by atoms with Gasteiger partial charge >= 0.3 is 0 Å². The zero-order valence-electron chi connectivity index (χ0n) is 8.55. The van der Waals surface area contributed by atoms with E-state index in [-0.39, 0.29) is 0 Å². The molecule has 0 saturated carbocycles. The highest BCUT2D eigenvalue weighted by Crippen LogP contribution is 2.18. The molecule has 0 unspecified atom stereocenters. The van der Waals surface area contributed by atoms with Crippen molar-refractivity contribution in [2.24, 2.45) is 0 Å². The van der Waals surface area contributed by atoms with Crippen LogP contribution in [0, 0.1) is 6.92 Å². The van der Waals surface area contributed by atoms with Crippen LogP contribution < -0.4 is 5.32 Å². The Bertz CT molecular complexity index is 271. The quantitative estimate of drug-likeness (QED) is 0.741. The van der Waals surface area contributed by atoms with Crippen LogP contribution in [0.1, 0.15) is 18.1 Å². The van der Waals surface area contributed by atoms with E-state index in [1.807, 2.05) is 0 Å². The van der Waals surface area contributed by atoms with Gasteiger partial charge in [0, 0.05) is 11.4 Å². The fraction of sp³-hybridized carbons (Fsp3) is 0.455. The summed E-state index contributed by atoms with van der Waals surface area (Å²) in [6.07, 6.45) is 2.11. The number of thioether (sulfide) groups is 1. The van der Waals surface area contributed by atoms with Gasteiger partial charge in [0.25, 0.3) is 0 Å². The first-order valence-electron chi connectivity index (χ1n) is 4.62. The average Bonchev–Trinajstić information content (AvgIpc) is 2.16. The van der Waals surface area contributed by atoms with Gasteiger partial charge in [-0.15, -0.1) is 11.8 Å². The average molecular weight is 195 g/mol. The first-order chi connectivity index (χ1) is 6.27. The fourth-order valence-electron chi connectivity index (χ4n) is 1.25. The van der Waals surface area contributed by atoms with Crippen LogP contribution in [0.15, 0.2) is 23.1 Å². The smallest absolute Gasteiger partial charge is 0.0208 e. The Hall–Kier alpha value is -0.470. The largest absolute Gasteiger partial charge is 0.313 e. The molecule has 1 aromatic carbocycles. The number of benzene rings is 1. The molecular formula is C11H17NS. The van der Waals surface area contributed by atoms with Gasteiger partial charge in [-0.1, -0.05) is 13.0 Å². The van der Waals surface area contributed by atoms with Gasteiger partial charge in [-0.2, -0.15) is 0 Å². The van der Waals surface area contributed by atoms with Crippen LogP contribution in [-0.4, -0.2) is 12.8 Å². The van der Waals surface area contributed by atoms with Crippen molar-refractivity contribution in [3.63, 3.8) is 0 Å². The van der Waals surface area contributed by atoms with Gasteiger partial charge in [0.05, 0.1) is 0 Å². The van der Waals surface area contributed by atoms with E-state index in [0.29, 0.717) is 0 Å². The first-order valence-corrected chi connectivity index (χ1v) is 5.84. The normalized spacial score (nSPS) is 10.4. The molecule has 0 aromatic heterocycles. The molecule has 0 aliphatic carbocycles. The summed E-state index contributed by atoms with van der Waals surface area (Å²) in [4.78, 5) is 1.35. The van der Waals surface area contributed by atoms with Gasteiger partial charge in [-0.05, 0) is 43.0 Å². The second kappa shape index (κ2) is 5.30. The SMILES string of the molecule is CCNCc1ccc(SC)cc1C. The Balaban J connectivity index is 2.73. The molecule has 1 aromatic rings. The van der Waals surface area contributed by atoms with Crippen LogP contribution >= 0.6 is 11.8 Å². The summed E-state index contributed by atoms with van der Waals surface area (Å²) >= 11 is 1.80. The molecule has 0 radical (unpaired) electrons. The van der Waals surface area contributed by atoms with Crippen LogP contribution in [0.5, 0.6) is 0 Å². The fourth-order valence-corrected chi connectivity index (χ4v) is 1.75. The number of nitrogens with one attached hydrogen (secondary N) is 1. The summed E-state index contributed by atoms with van der Waals surface area (Å²) in [6.45, 7) is 6.32. The molecule has 0 spiro atoms. The second-order valence-corrected chi connectivity index (χ2v) is 3.95. The van der Waals surface area contributed by atoms with E-state index in [1.54, 1.807) is 11.8 Å². The van der Waals surface area contributed by atoms with Gasteiger partial charge in [0.1, 0.15) is 0 Å². The molecule has 0 heterocycles. The van der Waals surface area contributed by atoms with Gasteiger partial charge in [-0.3, -0.25) is 0 Å². The van der Waals surface area contributed by atoms with Gasteiger partial charge < -0.3 is 5.32 Å². The third kappa shape index (κ3) is 3.05. The highest BCUT2D eigenvalue weighted by molar-refractivity contribution is 7.98. The van der Waals surface area contributed by atoms with Crippen molar-refractivity contribution in [2.75, 3.05) is 12.8 Å². The Morgan fingerprint density at radius 1 is 1.38 bits per heavy atom. The van der Waals surface area contributed by atoms with E-state index in [0.717, 1.165) is 13.1 Å². The molecule has 2 heteroatoms. The molecule has 0 fully saturated rings. The van der Waals surface area contributed by atoms with Crippen LogP contribution in [0.2, 0.25) is 0 Å². The molecule has 0 aliphatic heterocycles. The van der Waals surface area contributed by atoms with Crippen molar-refractivity contribution < 1.29 is 0 Å². The zero-order chi connectivity index (χ0) is 9.68. The van der Waals surface area contributed by atoms with E-state index >= 15 is 0 Å².